The summed E-state index contributed by atoms with van der Waals surface area (Å²) in [5, 5.41) is 9.31. The number of rotatable bonds is 5. The molecule has 1 fully saturated rings. The second-order valence-electron chi connectivity index (χ2n) is 4.94. The van der Waals surface area contributed by atoms with Crippen molar-refractivity contribution in [2.75, 3.05) is 26.2 Å². The van der Waals surface area contributed by atoms with E-state index in [9.17, 15) is 19.5 Å². The lowest BCUT2D eigenvalue weighted by atomic mass is 10.00. The lowest BCUT2D eigenvalue weighted by Crippen LogP contribution is -2.55. The summed E-state index contributed by atoms with van der Waals surface area (Å²) < 4.78 is 4.82. The van der Waals surface area contributed by atoms with Gasteiger partial charge in [0.15, 0.2) is 0 Å². The van der Waals surface area contributed by atoms with E-state index in [4.69, 9.17) is 4.74 Å². The Bertz CT molecular complexity index is 398. The quantitative estimate of drug-likeness (QED) is 0.760. The highest BCUT2D eigenvalue weighted by Crippen LogP contribution is 2.30. The number of nitrogens with zero attached hydrogens (tertiary/aromatic N) is 2. The molecule has 2 amide bonds. The Hall–Kier alpha value is -1.79. The van der Waals surface area contributed by atoms with Gasteiger partial charge >= 0.3 is 18.0 Å². The SMILES string of the molecule is CCOC(=O)CN(CC)C(=O)N1CCCC1(C)C(=O)O. The summed E-state index contributed by atoms with van der Waals surface area (Å²) in [6, 6.07) is -0.428. The van der Waals surface area contributed by atoms with Crippen LogP contribution in [0.5, 0.6) is 0 Å². The van der Waals surface area contributed by atoms with Crippen LogP contribution in [0.1, 0.15) is 33.6 Å². The van der Waals surface area contributed by atoms with Crippen LogP contribution in [0.15, 0.2) is 0 Å². The Balaban J connectivity index is 2.80. The van der Waals surface area contributed by atoms with Crippen LogP contribution in [-0.4, -0.2) is 64.7 Å². The third-order valence-electron chi connectivity index (χ3n) is 3.61. The Morgan fingerprint density at radius 1 is 1.35 bits per heavy atom. The number of ether oxygens (including phenoxy) is 1. The van der Waals surface area contributed by atoms with Crippen LogP contribution in [0.25, 0.3) is 0 Å². The first kappa shape index (κ1) is 16.3. The minimum atomic E-state index is -1.20. The van der Waals surface area contributed by atoms with E-state index in [1.54, 1.807) is 20.8 Å². The number of esters is 1. The van der Waals surface area contributed by atoms with Gasteiger partial charge in [0.1, 0.15) is 12.1 Å². The smallest absolute Gasteiger partial charge is 0.329 e. The van der Waals surface area contributed by atoms with Crippen LogP contribution < -0.4 is 0 Å². The Morgan fingerprint density at radius 3 is 2.50 bits per heavy atom. The minimum Gasteiger partial charge on any atom is -0.480 e. The highest BCUT2D eigenvalue weighted by Gasteiger charge is 2.47. The van der Waals surface area contributed by atoms with Gasteiger partial charge in [-0.25, -0.2) is 9.59 Å². The van der Waals surface area contributed by atoms with Gasteiger partial charge in [0, 0.05) is 13.1 Å². The third-order valence-corrected chi connectivity index (χ3v) is 3.61. The van der Waals surface area contributed by atoms with Crippen LogP contribution in [0.4, 0.5) is 4.79 Å². The zero-order valence-corrected chi connectivity index (χ0v) is 12.2. The fraction of sp³-hybridized carbons (Fsp3) is 0.769. The lowest BCUT2D eigenvalue weighted by Gasteiger charge is -2.35. The molecule has 7 heteroatoms. The molecule has 20 heavy (non-hydrogen) atoms. The molecule has 1 rings (SSSR count). The highest BCUT2D eigenvalue weighted by molar-refractivity contribution is 5.88. The first-order valence-corrected chi connectivity index (χ1v) is 6.82. The maximum absolute atomic E-state index is 12.4. The van der Waals surface area contributed by atoms with Gasteiger partial charge in [-0.15, -0.1) is 0 Å². The maximum atomic E-state index is 12.4. The fourth-order valence-corrected chi connectivity index (χ4v) is 2.34. The van der Waals surface area contributed by atoms with E-state index in [-0.39, 0.29) is 13.2 Å². The highest BCUT2D eigenvalue weighted by atomic mass is 16.5. The van der Waals surface area contributed by atoms with E-state index in [1.165, 1.54) is 9.80 Å². The molecule has 0 aromatic rings. The number of carboxylic acids is 1. The average Bonchev–Trinajstić information content (AvgIpc) is 2.79. The number of likely N-dealkylation sites (tertiary alicyclic amines) is 1. The largest absolute Gasteiger partial charge is 0.480 e. The Morgan fingerprint density at radius 2 is 2.00 bits per heavy atom. The topological polar surface area (TPSA) is 87.2 Å². The second-order valence-corrected chi connectivity index (χ2v) is 4.94. The summed E-state index contributed by atoms with van der Waals surface area (Å²) in [5.41, 5.74) is -1.20. The molecule has 1 atom stereocenters. The third kappa shape index (κ3) is 3.20. The first-order chi connectivity index (χ1) is 9.36. The second kappa shape index (κ2) is 6.58. The van der Waals surface area contributed by atoms with E-state index in [1.807, 2.05) is 0 Å². The maximum Gasteiger partial charge on any atom is 0.329 e. The van der Waals surface area contributed by atoms with Gasteiger partial charge in [-0.2, -0.15) is 0 Å². The molecule has 0 spiro atoms. The van der Waals surface area contributed by atoms with Crippen LogP contribution in [0.3, 0.4) is 0 Å². The molecule has 1 unspecified atom stereocenters. The monoisotopic (exact) mass is 286 g/mol. The summed E-state index contributed by atoms with van der Waals surface area (Å²) in [5.74, 6) is -1.51. The number of aliphatic carboxylic acids is 1. The van der Waals surface area contributed by atoms with Gasteiger partial charge in [-0.1, -0.05) is 0 Å². The van der Waals surface area contributed by atoms with E-state index in [0.717, 1.165) is 0 Å². The molecule has 1 saturated heterocycles. The van der Waals surface area contributed by atoms with Crippen molar-refractivity contribution >= 4 is 18.0 Å². The molecule has 0 aromatic heterocycles. The average molecular weight is 286 g/mol. The zero-order valence-electron chi connectivity index (χ0n) is 12.2. The summed E-state index contributed by atoms with van der Waals surface area (Å²) in [4.78, 5) is 37.9. The van der Waals surface area contributed by atoms with Crippen molar-refractivity contribution in [3.05, 3.63) is 0 Å². The van der Waals surface area contributed by atoms with Crippen molar-refractivity contribution in [1.29, 1.82) is 0 Å². The molecule has 114 valence electrons. The van der Waals surface area contributed by atoms with Crippen LogP contribution in [0, 0.1) is 0 Å². The van der Waals surface area contributed by atoms with E-state index in [0.29, 0.717) is 25.9 Å². The number of carboxylic acid groups (broad SMARTS) is 1. The van der Waals surface area contributed by atoms with E-state index in [2.05, 4.69) is 0 Å². The van der Waals surface area contributed by atoms with Crippen molar-refractivity contribution in [3.8, 4) is 0 Å². The number of carbonyl (C=O) groups excluding carboxylic acids is 2. The summed E-state index contributed by atoms with van der Waals surface area (Å²) in [6.07, 6.45) is 1.07. The molecule has 1 aliphatic heterocycles. The molecule has 0 aromatic carbocycles. The number of likely N-dealkylation sites (N-methyl/N-ethyl adjacent to an activating group) is 1. The number of hydrogen-bond donors (Lipinski definition) is 1. The molecule has 0 aliphatic carbocycles. The predicted molar refractivity (Wildman–Crippen MR) is 71.3 cm³/mol. The fourth-order valence-electron chi connectivity index (χ4n) is 2.34. The van der Waals surface area contributed by atoms with Gasteiger partial charge in [-0.3, -0.25) is 4.79 Å². The van der Waals surface area contributed by atoms with Crippen molar-refractivity contribution in [2.45, 2.75) is 39.2 Å². The number of hydrogen-bond acceptors (Lipinski definition) is 4. The summed E-state index contributed by atoms with van der Waals surface area (Å²) >= 11 is 0. The first-order valence-electron chi connectivity index (χ1n) is 6.82. The molecule has 1 heterocycles. The van der Waals surface area contributed by atoms with Gasteiger partial charge in [0.25, 0.3) is 0 Å². The molecule has 7 nitrogen and oxygen atoms in total. The van der Waals surface area contributed by atoms with Gasteiger partial charge in [0.2, 0.25) is 0 Å². The Kier molecular flexibility index (Phi) is 5.35. The normalized spacial score (nSPS) is 21.6. The van der Waals surface area contributed by atoms with E-state index >= 15 is 0 Å². The van der Waals surface area contributed by atoms with Crippen molar-refractivity contribution in [3.63, 3.8) is 0 Å². The van der Waals surface area contributed by atoms with Crippen molar-refractivity contribution < 1.29 is 24.2 Å². The van der Waals surface area contributed by atoms with Crippen LogP contribution >= 0.6 is 0 Å². The van der Waals surface area contributed by atoms with Crippen LogP contribution in [0.2, 0.25) is 0 Å². The van der Waals surface area contributed by atoms with Crippen LogP contribution in [-0.2, 0) is 14.3 Å². The minimum absolute atomic E-state index is 0.157. The summed E-state index contributed by atoms with van der Waals surface area (Å²) in [7, 11) is 0. The molecule has 0 saturated carbocycles. The summed E-state index contributed by atoms with van der Waals surface area (Å²) in [6.45, 7) is 5.78. The number of amides is 2. The zero-order chi connectivity index (χ0) is 15.3. The van der Waals surface area contributed by atoms with Gasteiger partial charge < -0.3 is 19.6 Å². The Labute approximate surface area is 118 Å². The lowest BCUT2D eigenvalue weighted by molar-refractivity contribution is -0.147. The predicted octanol–water partition coefficient (Wildman–Crippen LogP) is 0.931. The van der Waals surface area contributed by atoms with E-state index < -0.39 is 23.5 Å². The molecule has 1 aliphatic rings. The number of carbonyl (C=O) groups is 3. The van der Waals surface area contributed by atoms with Crippen molar-refractivity contribution in [1.82, 2.24) is 9.80 Å². The van der Waals surface area contributed by atoms with Gasteiger partial charge in [-0.05, 0) is 33.6 Å². The van der Waals surface area contributed by atoms with Crippen molar-refractivity contribution in [2.24, 2.45) is 0 Å². The van der Waals surface area contributed by atoms with Gasteiger partial charge in [0.05, 0.1) is 6.61 Å². The molecular formula is C13H22N2O5. The standard InChI is InChI=1S/C13H22N2O5/c1-4-14(9-10(16)20-5-2)12(19)15-8-6-7-13(15,3)11(17)18/h4-9H2,1-3H3,(H,17,18). The molecule has 1 N–H and O–H groups in total. The number of urea groups is 1. The molecule has 0 radical (unpaired) electrons. The molecular weight excluding hydrogens is 264 g/mol. The molecule has 0 bridgehead atoms.